The normalized spacial score (nSPS) is 12.2. The zero-order valence-electron chi connectivity index (χ0n) is 10.8. The Morgan fingerprint density at radius 3 is 2.67 bits per heavy atom. The molecular weight excluding hydrogens is 234 g/mol. The minimum Gasteiger partial charge on any atom is -0.391 e. The second kappa shape index (κ2) is 7.67. The average Bonchev–Trinajstić information content (AvgIpc) is 2.29. The number of aliphatic hydroxyl groups is 1. The maximum atomic E-state index is 9.49. The zero-order valence-corrected chi connectivity index (χ0v) is 10.8. The van der Waals surface area contributed by atoms with E-state index < -0.39 is 6.10 Å². The molecule has 0 aliphatic heterocycles. The number of hydrogen-bond acceptors (Lipinski definition) is 7. The van der Waals surface area contributed by atoms with E-state index in [0.29, 0.717) is 31.2 Å². The highest BCUT2D eigenvalue weighted by Crippen LogP contribution is 2.12. The molecule has 0 fully saturated rings. The molecule has 0 radical (unpaired) electrons. The van der Waals surface area contributed by atoms with Crippen molar-refractivity contribution in [3.63, 3.8) is 0 Å². The van der Waals surface area contributed by atoms with Gasteiger partial charge in [0.25, 0.3) is 0 Å². The third-order valence-corrected chi connectivity index (χ3v) is 2.24. The lowest BCUT2D eigenvalue weighted by atomic mass is 10.2. The molecule has 0 aliphatic rings. The largest absolute Gasteiger partial charge is 0.391 e. The summed E-state index contributed by atoms with van der Waals surface area (Å²) in [4.78, 5) is 8.10. The summed E-state index contributed by atoms with van der Waals surface area (Å²) in [6, 6.07) is 1.78. The van der Waals surface area contributed by atoms with E-state index in [0.717, 1.165) is 6.54 Å². The van der Waals surface area contributed by atoms with Gasteiger partial charge >= 0.3 is 0 Å². The maximum absolute atomic E-state index is 9.49. The van der Waals surface area contributed by atoms with Crippen LogP contribution in [0.25, 0.3) is 0 Å². The second-order valence-electron chi connectivity index (χ2n) is 3.85. The summed E-state index contributed by atoms with van der Waals surface area (Å²) in [5, 5.41) is 15.6. The Balaban J connectivity index is 2.46. The summed E-state index contributed by atoms with van der Waals surface area (Å²) in [5.74, 6) is 1.54. The molecule has 0 spiro atoms. The van der Waals surface area contributed by atoms with Gasteiger partial charge in [0.05, 0.1) is 12.7 Å². The van der Waals surface area contributed by atoms with Gasteiger partial charge in [-0.1, -0.05) is 0 Å². The molecule has 0 aliphatic carbocycles. The summed E-state index contributed by atoms with van der Waals surface area (Å²) in [5.41, 5.74) is 5.60. The number of nitrogens with zero attached hydrogens (tertiary/aromatic N) is 2. The lowest BCUT2D eigenvalue weighted by molar-refractivity contribution is 0.0615. The number of rotatable bonds is 8. The van der Waals surface area contributed by atoms with Crippen LogP contribution in [0, 0.1) is 0 Å². The van der Waals surface area contributed by atoms with E-state index in [1.807, 2.05) is 6.92 Å². The number of methoxy groups -OCH3 is 1. The Hall–Kier alpha value is -1.60. The minimum atomic E-state index is -0.477. The van der Waals surface area contributed by atoms with Gasteiger partial charge in [0, 0.05) is 26.3 Å². The van der Waals surface area contributed by atoms with Crippen molar-refractivity contribution in [2.24, 2.45) is 0 Å². The standard InChI is InChI=1S/C11H21N5O2/c1-3-13-9-6-10(16-11(12)15-9)14-5-4-8(17)7-18-2/h6,8,17H,3-5,7H2,1-2H3,(H4,12,13,14,15,16). The summed E-state index contributed by atoms with van der Waals surface area (Å²) in [7, 11) is 1.56. The molecule has 1 aromatic heterocycles. The van der Waals surface area contributed by atoms with Crippen LogP contribution in [0.3, 0.4) is 0 Å². The molecule has 1 heterocycles. The SMILES string of the molecule is CCNc1cc(NCCC(O)COC)nc(N)n1. The van der Waals surface area contributed by atoms with Gasteiger partial charge in [-0.05, 0) is 13.3 Å². The van der Waals surface area contributed by atoms with Crippen molar-refractivity contribution in [3.05, 3.63) is 6.07 Å². The Bertz CT molecular complexity index is 361. The Kier molecular flexibility index (Phi) is 6.16. The third kappa shape index (κ3) is 5.15. The molecule has 7 nitrogen and oxygen atoms in total. The molecule has 1 rings (SSSR count). The third-order valence-electron chi connectivity index (χ3n) is 2.24. The van der Waals surface area contributed by atoms with Crippen LogP contribution in [0.4, 0.5) is 17.6 Å². The fraction of sp³-hybridized carbons (Fsp3) is 0.636. The minimum absolute atomic E-state index is 0.216. The topological polar surface area (TPSA) is 105 Å². The quantitative estimate of drug-likeness (QED) is 0.529. The van der Waals surface area contributed by atoms with Gasteiger partial charge in [-0.25, -0.2) is 0 Å². The Labute approximate surface area is 107 Å². The van der Waals surface area contributed by atoms with E-state index in [-0.39, 0.29) is 5.95 Å². The molecule has 0 bridgehead atoms. The van der Waals surface area contributed by atoms with E-state index in [1.165, 1.54) is 0 Å². The molecule has 1 unspecified atom stereocenters. The van der Waals surface area contributed by atoms with Crippen LogP contribution in [0.15, 0.2) is 6.07 Å². The van der Waals surface area contributed by atoms with Gasteiger partial charge in [-0.15, -0.1) is 0 Å². The fourth-order valence-corrected chi connectivity index (χ4v) is 1.47. The maximum Gasteiger partial charge on any atom is 0.223 e. The molecule has 0 amide bonds. The number of anilines is 3. The molecule has 102 valence electrons. The van der Waals surface area contributed by atoms with Crippen molar-refractivity contribution in [2.75, 3.05) is 43.2 Å². The molecule has 1 aromatic rings. The summed E-state index contributed by atoms with van der Waals surface area (Å²) >= 11 is 0. The lowest BCUT2D eigenvalue weighted by Crippen LogP contribution is -2.19. The van der Waals surface area contributed by atoms with E-state index in [1.54, 1.807) is 13.2 Å². The first-order chi connectivity index (χ1) is 8.65. The van der Waals surface area contributed by atoms with E-state index in [2.05, 4.69) is 20.6 Å². The first-order valence-electron chi connectivity index (χ1n) is 5.95. The molecule has 0 saturated heterocycles. The van der Waals surface area contributed by atoms with Crippen molar-refractivity contribution in [1.29, 1.82) is 0 Å². The Morgan fingerprint density at radius 2 is 2.06 bits per heavy atom. The van der Waals surface area contributed by atoms with Gasteiger partial charge in [0.1, 0.15) is 11.6 Å². The predicted molar refractivity (Wildman–Crippen MR) is 71.6 cm³/mol. The van der Waals surface area contributed by atoms with Crippen molar-refractivity contribution in [1.82, 2.24) is 9.97 Å². The smallest absolute Gasteiger partial charge is 0.223 e. The molecule has 7 heteroatoms. The molecule has 1 atom stereocenters. The van der Waals surface area contributed by atoms with Crippen LogP contribution < -0.4 is 16.4 Å². The highest BCUT2D eigenvalue weighted by Gasteiger charge is 2.04. The highest BCUT2D eigenvalue weighted by molar-refractivity contribution is 5.50. The van der Waals surface area contributed by atoms with Gasteiger partial charge in [0.2, 0.25) is 5.95 Å². The lowest BCUT2D eigenvalue weighted by Gasteiger charge is -2.11. The van der Waals surface area contributed by atoms with Crippen LogP contribution in [-0.2, 0) is 4.74 Å². The van der Waals surface area contributed by atoms with Crippen molar-refractivity contribution >= 4 is 17.6 Å². The number of nitrogen functional groups attached to an aromatic ring is 1. The van der Waals surface area contributed by atoms with Crippen LogP contribution in [0.5, 0.6) is 0 Å². The predicted octanol–water partition coefficient (Wildman–Crippen LogP) is 0.300. The van der Waals surface area contributed by atoms with Gasteiger partial charge in [-0.3, -0.25) is 0 Å². The van der Waals surface area contributed by atoms with Crippen molar-refractivity contribution in [3.8, 4) is 0 Å². The summed E-state index contributed by atoms with van der Waals surface area (Å²) in [6.45, 7) is 3.66. The van der Waals surface area contributed by atoms with Crippen LogP contribution in [-0.4, -0.2) is 48.0 Å². The van der Waals surface area contributed by atoms with Gasteiger partial charge in [-0.2, -0.15) is 9.97 Å². The first-order valence-corrected chi connectivity index (χ1v) is 5.95. The number of nitrogens with one attached hydrogen (secondary N) is 2. The average molecular weight is 255 g/mol. The molecule has 0 saturated carbocycles. The molecular formula is C11H21N5O2. The number of ether oxygens (including phenoxy) is 1. The second-order valence-corrected chi connectivity index (χ2v) is 3.85. The van der Waals surface area contributed by atoms with Crippen LogP contribution >= 0.6 is 0 Å². The number of hydrogen-bond donors (Lipinski definition) is 4. The number of aliphatic hydroxyl groups excluding tert-OH is 1. The van der Waals surface area contributed by atoms with Gasteiger partial charge < -0.3 is 26.2 Å². The van der Waals surface area contributed by atoms with Gasteiger partial charge in [0.15, 0.2) is 0 Å². The first kappa shape index (κ1) is 14.5. The molecule has 5 N–H and O–H groups in total. The molecule has 18 heavy (non-hydrogen) atoms. The molecule has 0 aromatic carbocycles. The van der Waals surface area contributed by atoms with Crippen LogP contribution in [0.2, 0.25) is 0 Å². The number of aromatic nitrogens is 2. The van der Waals surface area contributed by atoms with E-state index in [9.17, 15) is 5.11 Å². The zero-order chi connectivity index (χ0) is 13.4. The van der Waals surface area contributed by atoms with E-state index >= 15 is 0 Å². The van der Waals surface area contributed by atoms with Crippen molar-refractivity contribution in [2.45, 2.75) is 19.4 Å². The van der Waals surface area contributed by atoms with E-state index in [4.69, 9.17) is 10.5 Å². The fourth-order valence-electron chi connectivity index (χ4n) is 1.47. The van der Waals surface area contributed by atoms with Crippen molar-refractivity contribution < 1.29 is 9.84 Å². The number of nitrogens with two attached hydrogens (primary N) is 1. The summed E-state index contributed by atoms with van der Waals surface area (Å²) in [6.07, 6.45) is 0.101. The monoisotopic (exact) mass is 255 g/mol. The summed E-state index contributed by atoms with van der Waals surface area (Å²) < 4.78 is 4.84. The Morgan fingerprint density at radius 1 is 1.39 bits per heavy atom. The van der Waals surface area contributed by atoms with Crippen LogP contribution in [0.1, 0.15) is 13.3 Å². The highest BCUT2D eigenvalue weighted by atomic mass is 16.5.